The fourth-order valence-electron chi connectivity index (χ4n) is 4.00. The van der Waals surface area contributed by atoms with E-state index in [-0.39, 0.29) is 11.9 Å². The van der Waals surface area contributed by atoms with Crippen LogP contribution in [0, 0.1) is 0 Å². The Kier molecular flexibility index (Phi) is 6.51. The Hall–Kier alpha value is -2.32. The number of aromatic nitrogens is 3. The second-order valence-electron chi connectivity index (χ2n) is 8.21. The van der Waals surface area contributed by atoms with Crippen LogP contribution in [0.1, 0.15) is 44.4 Å². The Morgan fingerprint density at radius 2 is 2.07 bits per heavy atom. The molecule has 1 aliphatic heterocycles. The van der Waals surface area contributed by atoms with Crippen LogP contribution in [0.25, 0.3) is 11.4 Å². The topological polar surface area (TPSA) is 96.2 Å². The largest absolute Gasteiger partial charge is 0.352 e. The molecular formula is C21H30N6O2. The molecule has 2 fully saturated rings. The minimum Gasteiger partial charge on any atom is -0.352 e. The number of nitrogens with zero attached hydrogens (tertiary/aromatic N) is 4. The minimum absolute atomic E-state index is 0.108. The standard InChI is InChI=1S/C21H30N6O2/c1-27-12-9-16(10-13-27)23-17-7-8-18(17)24-19(28)5-2-6-20-25-21(26-29-20)15-4-3-11-22-14-15/h3-4,11,14,16-18,23H,2,5-10,12-13H2,1H3,(H,24,28)/t17-,18+/m1/s1. The fraction of sp³-hybridized carbons (Fsp3) is 0.619. The van der Waals surface area contributed by atoms with Crippen molar-refractivity contribution in [2.45, 2.75) is 63.1 Å². The Morgan fingerprint density at radius 3 is 2.79 bits per heavy atom. The van der Waals surface area contributed by atoms with Gasteiger partial charge in [0.25, 0.3) is 0 Å². The smallest absolute Gasteiger partial charge is 0.226 e. The van der Waals surface area contributed by atoms with Crippen molar-refractivity contribution in [2.75, 3.05) is 20.1 Å². The van der Waals surface area contributed by atoms with Gasteiger partial charge in [0.15, 0.2) is 0 Å². The first-order valence-corrected chi connectivity index (χ1v) is 10.6. The van der Waals surface area contributed by atoms with Gasteiger partial charge in [-0.1, -0.05) is 5.16 Å². The first-order chi connectivity index (χ1) is 14.2. The molecule has 2 atom stereocenters. The highest BCUT2D eigenvalue weighted by Gasteiger charge is 2.33. The van der Waals surface area contributed by atoms with Crippen molar-refractivity contribution in [3.8, 4) is 11.4 Å². The number of carbonyl (C=O) groups excluding carboxylic acids is 1. The van der Waals surface area contributed by atoms with Crippen LogP contribution >= 0.6 is 0 Å². The van der Waals surface area contributed by atoms with Gasteiger partial charge in [0, 0.05) is 48.9 Å². The van der Waals surface area contributed by atoms with E-state index in [0.29, 0.717) is 43.1 Å². The third kappa shape index (κ3) is 5.39. The van der Waals surface area contributed by atoms with Crippen LogP contribution in [0.2, 0.25) is 0 Å². The van der Waals surface area contributed by atoms with Gasteiger partial charge in [-0.15, -0.1) is 0 Å². The molecule has 2 aromatic rings. The van der Waals surface area contributed by atoms with Crippen LogP contribution in [0.4, 0.5) is 0 Å². The molecule has 0 spiro atoms. The Morgan fingerprint density at radius 1 is 1.24 bits per heavy atom. The third-order valence-corrected chi connectivity index (χ3v) is 5.97. The summed E-state index contributed by atoms with van der Waals surface area (Å²) in [5.41, 5.74) is 0.827. The highest BCUT2D eigenvalue weighted by molar-refractivity contribution is 5.76. The number of likely N-dealkylation sites (tertiary alicyclic amines) is 1. The van der Waals surface area contributed by atoms with Gasteiger partial charge in [-0.25, -0.2) is 0 Å². The molecule has 1 amide bonds. The zero-order chi connectivity index (χ0) is 20.1. The lowest BCUT2D eigenvalue weighted by molar-refractivity contribution is -0.122. The number of hydrogen-bond acceptors (Lipinski definition) is 7. The van der Waals surface area contributed by atoms with Gasteiger partial charge in [-0.2, -0.15) is 4.98 Å². The number of rotatable bonds is 8. The predicted octanol–water partition coefficient (Wildman–Crippen LogP) is 1.79. The predicted molar refractivity (Wildman–Crippen MR) is 109 cm³/mol. The third-order valence-electron chi connectivity index (χ3n) is 5.97. The van der Waals surface area contributed by atoms with Crippen LogP contribution in [-0.2, 0) is 11.2 Å². The van der Waals surface area contributed by atoms with Gasteiger partial charge < -0.3 is 20.1 Å². The zero-order valence-corrected chi connectivity index (χ0v) is 17.0. The van der Waals surface area contributed by atoms with E-state index in [1.807, 2.05) is 12.1 Å². The lowest BCUT2D eigenvalue weighted by Crippen LogP contribution is -2.60. The summed E-state index contributed by atoms with van der Waals surface area (Å²) in [5.74, 6) is 1.20. The molecular weight excluding hydrogens is 368 g/mol. The molecule has 3 heterocycles. The number of hydrogen-bond donors (Lipinski definition) is 2. The Balaban J connectivity index is 1.16. The van der Waals surface area contributed by atoms with Crippen molar-refractivity contribution in [1.29, 1.82) is 0 Å². The molecule has 2 aromatic heterocycles. The summed E-state index contributed by atoms with van der Waals surface area (Å²) in [6.45, 7) is 2.30. The number of carbonyl (C=O) groups is 1. The Bertz CT molecular complexity index is 787. The number of aryl methyl sites for hydroxylation is 1. The highest BCUT2D eigenvalue weighted by atomic mass is 16.5. The molecule has 2 N–H and O–H groups in total. The SMILES string of the molecule is CN1CCC(N[C@@H]2CC[C@@H]2NC(=O)CCCc2nc(-c3cccnc3)no2)CC1. The second kappa shape index (κ2) is 9.45. The lowest BCUT2D eigenvalue weighted by atomic mass is 9.85. The summed E-state index contributed by atoms with van der Waals surface area (Å²) in [4.78, 5) is 23.1. The molecule has 1 saturated carbocycles. The van der Waals surface area contributed by atoms with Gasteiger partial charge >= 0.3 is 0 Å². The first kappa shape index (κ1) is 20.0. The number of piperidine rings is 1. The zero-order valence-electron chi connectivity index (χ0n) is 17.0. The van der Waals surface area contributed by atoms with Crippen molar-refractivity contribution in [3.63, 3.8) is 0 Å². The van der Waals surface area contributed by atoms with Crippen molar-refractivity contribution in [1.82, 2.24) is 30.7 Å². The number of nitrogens with one attached hydrogen (secondary N) is 2. The van der Waals surface area contributed by atoms with Crippen LogP contribution in [0.3, 0.4) is 0 Å². The molecule has 4 rings (SSSR count). The quantitative estimate of drug-likeness (QED) is 0.700. The van der Waals surface area contributed by atoms with E-state index in [1.165, 1.54) is 12.8 Å². The maximum Gasteiger partial charge on any atom is 0.226 e. The molecule has 2 aliphatic rings. The van der Waals surface area contributed by atoms with E-state index in [0.717, 1.165) is 31.5 Å². The maximum absolute atomic E-state index is 12.3. The van der Waals surface area contributed by atoms with Crippen molar-refractivity contribution < 1.29 is 9.32 Å². The number of pyridine rings is 1. The number of amides is 1. The summed E-state index contributed by atoms with van der Waals surface area (Å²) in [5, 5.41) is 10.9. The lowest BCUT2D eigenvalue weighted by Gasteiger charge is -2.42. The van der Waals surface area contributed by atoms with Crippen LogP contribution in [-0.4, -0.2) is 64.2 Å². The maximum atomic E-state index is 12.3. The molecule has 29 heavy (non-hydrogen) atoms. The van der Waals surface area contributed by atoms with E-state index >= 15 is 0 Å². The van der Waals surface area contributed by atoms with Crippen LogP contribution < -0.4 is 10.6 Å². The molecule has 8 nitrogen and oxygen atoms in total. The fourth-order valence-corrected chi connectivity index (χ4v) is 4.00. The van der Waals surface area contributed by atoms with E-state index in [1.54, 1.807) is 12.4 Å². The van der Waals surface area contributed by atoms with Crippen molar-refractivity contribution in [3.05, 3.63) is 30.4 Å². The molecule has 1 saturated heterocycles. The van der Waals surface area contributed by atoms with Gasteiger partial charge in [0.1, 0.15) is 0 Å². The highest BCUT2D eigenvalue weighted by Crippen LogP contribution is 2.23. The minimum atomic E-state index is 0.108. The van der Waals surface area contributed by atoms with E-state index < -0.39 is 0 Å². The summed E-state index contributed by atoms with van der Waals surface area (Å²) in [7, 11) is 2.18. The Labute approximate surface area is 171 Å². The molecule has 0 radical (unpaired) electrons. The van der Waals surface area contributed by atoms with Crippen LogP contribution in [0.15, 0.2) is 29.0 Å². The molecule has 0 unspecified atom stereocenters. The summed E-state index contributed by atoms with van der Waals surface area (Å²) < 4.78 is 5.29. The van der Waals surface area contributed by atoms with E-state index in [4.69, 9.17) is 4.52 Å². The normalized spacial score (nSPS) is 22.9. The van der Waals surface area contributed by atoms with Crippen molar-refractivity contribution >= 4 is 5.91 Å². The van der Waals surface area contributed by atoms with Gasteiger partial charge in [0.05, 0.1) is 0 Å². The van der Waals surface area contributed by atoms with Crippen LogP contribution in [0.5, 0.6) is 0 Å². The van der Waals surface area contributed by atoms with Gasteiger partial charge in [-0.05, 0) is 64.4 Å². The summed E-state index contributed by atoms with van der Waals surface area (Å²) in [6.07, 6.45) is 9.78. The average Bonchev–Trinajstić information content (AvgIpc) is 3.20. The molecule has 0 bridgehead atoms. The van der Waals surface area contributed by atoms with Gasteiger partial charge in [0.2, 0.25) is 17.6 Å². The second-order valence-corrected chi connectivity index (χ2v) is 8.21. The molecule has 8 heteroatoms. The monoisotopic (exact) mass is 398 g/mol. The van der Waals surface area contributed by atoms with E-state index in [2.05, 4.69) is 37.7 Å². The van der Waals surface area contributed by atoms with E-state index in [9.17, 15) is 4.79 Å². The van der Waals surface area contributed by atoms with Gasteiger partial charge in [-0.3, -0.25) is 9.78 Å². The molecule has 156 valence electrons. The first-order valence-electron chi connectivity index (χ1n) is 10.6. The molecule has 1 aliphatic carbocycles. The summed E-state index contributed by atoms with van der Waals surface area (Å²) in [6, 6.07) is 5.00. The summed E-state index contributed by atoms with van der Waals surface area (Å²) >= 11 is 0. The molecule has 0 aromatic carbocycles. The average molecular weight is 399 g/mol. The van der Waals surface area contributed by atoms with Crippen molar-refractivity contribution in [2.24, 2.45) is 0 Å².